The summed E-state index contributed by atoms with van der Waals surface area (Å²) < 4.78 is 73.1. The third kappa shape index (κ3) is 4.48. The fourth-order valence-electron chi connectivity index (χ4n) is 3.13. The summed E-state index contributed by atoms with van der Waals surface area (Å²) in [5.74, 6) is -3.44. The Labute approximate surface area is 147 Å². The zero-order chi connectivity index (χ0) is 18.8. The van der Waals surface area contributed by atoms with Gasteiger partial charge in [-0.25, -0.2) is 16.8 Å². The predicted molar refractivity (Wildman–Crippen MR) is 92.1 cm³/mol. The monoisotopic (exact) mass is 396 g/mol. The molecular formula is C15H22F2N2O4S2. The molecule has 0 bridgehead atoms. The van der Waals surface area contributed by atoms with E-state index >= 15 is 0 Å². The number of sulfonamides is 1. The van der Waals surface area contributed by atoms with Crippen molar-refractivity contribution >= 4 is 25.5 Å². The smallest absolute Gasteiger partial charge is 0.341 e. The number of alkyl halides is 2. The van der Waals surface area contributed by atoms with E-state index in [9.17, 15) is 25.6 Å². The molecule has 2 rings (SSSR count). The lowest BCUT2D eigenvalue weighted by Crippen LogP contribution is -2.47. The Morgan fingerprint density at radius 2 is 1.64 bits per heavy atom. The van der Waals surface area contributed by atoms with Gasteiger partial charge in [0.1, 0.15) is 0 Å². The molecule has 142 valence electrons. The Hall–Kier alpha value is -1.26. The quantitative estimate of drug-likeness (QED) is 0.735. The second kappa shape index (κ2) is 7.55. The number of rotatable bonds is 6. The molecule has 0 aromatic heterocycles. The van der Waals surface area contributed by atoms with E-state index in [-0.39, 0.29) is 6.04 Å². The van der Waals surface area contributed by atoms with Crippen molar-refractivity contribution in [3.63, 3.8) is 0 Å². The molecule has 0 N–H and O–H groups in total. The minimum atomic E-state index is -4.59. The number of hydrogen-bond acceptors (Lipinski definition) is 5. The molecule has 10 heteroatoms. The van der Waals surface area contributed by atoms with Gasteiger partial charge in [-0.15, -0.1) is 0 Å². The Kier molecular flexibility index (Phi) is 6.05. The highest BCUT2D eigenvalue weighted by atomic mass is 32.2. The fourth-order valence-corrected chi connectivity index (χ4v) is 5.07. The summed E-state index contributed by atoms with van der Waals surface area (Å²) in [5, 5.41) is 0. The van der Waals surface area contributed by atoms with Gasteiger partial charge in [0, 0.05) is 31.4 Å². The Morgan fingerprint density at radius 1 is 1.12 bits per heavy atom. The van der Waals surface area contributed by atoms with Crippen molar-refractivity contribution in [3.05, 3.63) is 24.3 Å². The van der Waals surface area contributed by atoms with Gasteiger partial charge in [-0.05, 0) is 37.1 Å². The van der Waals surface area contributed by atoms with Crippen molar-refractivity contribution in [2.24, 2.45) is 0 Å². The van der Waals surface area contributed by atoms with Gasteiger partial charge in [0.25, 0.3) is 0 Å². The molecule has 0 radical (unpaired) electrons. The summed E-state index contributed by atoms with van der Waals surface area (Å²) >= 11 is 0. The lowest BCUT2D eigenvalue weighted by Gasteiger charge is -2.38. The molecule has 0 unspecified atom stereocenters. The first-order chi connectivity index (χ1) is 11.6. The van der Waals surface area contributed by atoms with E-state index < -0.39 is 30.5 Å². The van der Waals surface area contributed by atoms with E-state index in [0.717, 1.165) is 5.69 Å². The van der Waals surface area contributed by atoms with Crippen LogP contribution in [0.3, 0.4) is 0 Å². The highest BCUT2D eigenvalue weighted by Crippen LogP contribution is 2.26. The lowest BCUT2D eigenvalue weighted by molar-refractivity contribution is 0.234. The average molecular weight is 396 g/mol. The maximum atomic E-state index is 12.5. The van der Waals surface area contributed by atoms with Crippen molar-refractivity contribution in [3.8, 4) is 0 Å². The first-order valence-corrected chi connectivity index (χ1v) is 11.3. The Bertz CT molecular complexity index is 787. The van der Waals surface area contributed by atoms with Crippen LogP contribution >= 0.6 is 0 Å². The molecular weight excluding hydrogens is 374 g/mol. The first-order valence-electron chi connectivity index (χ1n) is 7.91. The minimum Gasteiger partial charge on any atom is -0.371 e. The number of hydrogen-bond donors (Lipinski definition) is 0. The van der Waals surface area contributed by atoms with Gasteiger partial charge in [0.15, 0.2) is 0 Å². The molecule has 6 nitrogen and oxygen atoms in total. The summed E-state index contributed by atoms with van der Waals surface area (Å²) in [6, 6.07) is 5.30. The number of nitrogens with zero attached hydrogens (tertiary/aromatic N) is 2. The molecule has 0 atom stereocenters. The lowest BCUT2D eigenvalue weighted by atomic mass is 10.0. The van der Waals surface area contributed by atoms with Gasteiger partial charge >= 0.3 is 5.76 Å². The minimum absolute atomic E-state index is 0.0604. The van der Waals surface area contributed by atoms with Crippen molar-refractivity contribution < 1.29 is 25.6 Å². The van der Waals surface area contributed by atoms with Crippen LogP contribution in [0.15, 0.2) is 29.2 Å². The largest absolute Gasteiger partial charge is 0.371 e. The number of piperidine rings is 1. The van der Waals surface area contributed by atoms with Crippen LogP contribution in [0.2, 0.25) is 0 Å². The van der Waals surface area contributed by atoms with Crippen molar-refractivity contribution in [1.82, 2.24) is 4.31 Å². The number of anilines is 1. The maximum Gasteiger partial charge on any atom is 0.341 e. The Balaban J connectivity index is 2.06. The van der Waals surface area contributed by atoms with Gasteiger partial charge < -0.3 is 4.90 Å². The summed E-state index contributed by atoms with van der Waals surface area (Å²) in [7, 11) is -7.84. The molecule has 1 aliphatic rings. The van der Waals surface area contributed by atoms with Crippen LogP contribution < -0.4 is 4.90 Å². The van der Waals surface area contributed by atoms with Gasteiger partial charge in [0.2, 0.25) is 19.9 Å². The van der Waals surface area contributed by atoms with Crippen LogP contribution in [-0.2, 0) is 19.9 Å². The molecule has 1 aromatic carbocycles. The molecule has 1 aromatic rings. The van der Waals surface area contributed by atoms with E-state index in [1.54, 1.807) is 6.92 Å². The van der Waals surface area contributed by atoms with Gasteiger partial charge in [0.05, 0.1) is 11.2 Å². The molecule has 1 aliphatic heterocycles. The van der Waals surface area contributed by atoms with Crippen LogP contribution in [0.25, 0.3) is 0 Å². The molecule has 25 heavy (non-hydrogen) atoms. The van der Waals surface area contributed by atoms with E-state index in [1.807, 2.05) is 4.90 Å². The van der Waals surface area contributed by atoms with Crippen LogP contribution in [-0.4, -0.2) is 58.8 Å². The zero-order valence-corrected chi connectivity index (χ0v) is 15.7. The fraction of sp³-hybridized carbons (Fsp3) is 0.600. The molecule has 0 aliphatic carbocycles. The number of benzene rings is 1. The van der Waals surface area contributed by atoms with Gasteiger partial charge in [-0.1, -0.05) is 6.92 Å². The molecule has 0 amide bonds. The van der Waals surface area contributed by atoms with Crippen molar-refractivity contribution in [1.29, 1.82) is 0 Å². The summed E-state index contributed by atoms with van der Waals surface area (Å²) in [6.07, 6.45) is 2.50. The summed E-state index contributed by atoms with van der Waals surface area (Å²) in [5.41, 5.74) is 0.731. The second-order valence-corrected chi connectivity index (χ2v) is 9.84. The molecule has 0 spiro atoms. The standard InChI is InChI=1S/C15H22F2N2O4S2/c1-3-19(24(2,20)21)13-8-10-18(11-9-13)12-4-6-14(7-5-12)25(22,23)15(16)17/h4-7,13,15H,3,8-11H2,1-2H3. The average Bonchev–Trinajstić information content (AvgIpc) is 2.55. The van der Waals surface area contributed by atoms with Gasteiger partial charge in [-0.2, -0.15) is 13.1 Å². The normalized spacial score (nSPS) is 17.4. The Morgan fingerprint density at radius 3 is 2.04 bits per heavy atom. The van der Waals surface area contributed by atoms with Crippen LogP contribution in [0.1, 0.15) is 19.8 Å². The number of halogens is 2. The summed E-state index contributed by atoms with van der Waals surface area (Å²) in [6.45, 7) is 3.44. The maximum absolute atomic E-state index is 12.5. The predicted octanol–water partition coefficient (Wildman–Crippen LogP) is 1.93. The van der Waals surface area contributed by atoms with Crippen LogP contribution in [0, 0.1) is 0 Å². The molecule has 1 fully saturated rings. The van der Waals surface area contributed by atoms with E-state index in [2.05, 4.69) is 0 Å². The second-order valence-electron chi connectivity index (χ2n) is 5.98. The van der Waals surface area contributed by atoms with Crippen molar-refractivity contribution in [2.75, 3.05) is 30.8 Å². The topological polar surface area (TPSA) is 74.8 Å². The third-order valence-electron chi connectivity index (χ3n) is 4.37. The third-order valence-corrected chi connectivity index (χ3v) is 7.18. The molecule has 1 heterocycles. The zero-order valence-electron chi connectivity index (χ0n) is 14.1. The van der Waals surface area contributed by atoms with Crippen LogP contribution in [0.5, 0.6) is 0 Å². The highest BCUT2D eigenvalue weighted by molar-refractivity contribution is 7.91. The van der Waals surface area contributed by atoms with Crippen molar-refractivity contribution in [2.45, 2.75) is 36.5 Å². The summed E-state index contributed by atoms with van der Waals surface area (Å²) in [4.78, 5) is 1.58. The van der Waals surface area contributed by atoms with E-state index in [4.69, 9.17) is 0 Å². The number of sulfone groups is 1. The molecule has 0 saturated carbocycles. The highest BCUT2D eigenvalue weighted by Gasteiger charge is 2.30. The van der Waals surface area contributed by atoms with Crippen LogP contribution in [0.4, 0.5) is 14.5 Å². The van der Waals surface area contributed by atoms with Gasteiger partial charge in [-0.3, -0.25) is 0 Å². The first kappa shape index (κ1) is 20.1. The molecule has 1 saturated heterocycles. The van der Waals surface area contributed by atoms with E-state index in [0.29, 0.717) is 32.5 Å². The van der Waals surface area contributed by atoms with E-state index in [1.165, 1.54) is 34.8 Å². The SMILES string of the molecule is CCN(C1CCN(c2ccc(S(=O)(=O)C(F)F)cc2)CC1)S(C)(=O)=O.